The number of benzene rings is 5. The second kappa shape index (κ2) is 17.7. The van der Waals surface area contributed by atoms with Crippen LogP contribution in [0.4, 0.5) is 4.39 Å². The molecule has 0 spiro atoms. The van der Waals surface area contributed by atoms with Crippen molar-refractivity contribution in [2.24, 2.45) is 0 Å². The summed E-state index contributed by atoms with van der Waals surface area (Å²) in [7, 11) is 0. The van der Waals surface area contributed by atoms with E-state index in [1.807, 2.05) is 48.5 Å². The zero-order valence-corrected chi connectivity index (χ0v) is 28.8. The standard InChI is InChI=1S/C44H43FN2O2/c1-32-21-33(2)24-39(23-32)30-46-28-37-10-15-42(16-11-37)48-19-5-7-36-9-14-41(44(45)27-36)8-6-20-49-43-17-12-38(13-18-43)29-47-31-40-25-34(3)22-35(4)26-40/h9-18,21-27,46-47H,19-20,28-31H2,1-4H3. The summed E-state index contributed by atoms with van der Waals surface area (Å²) in [6, 6.07) is 33.9. The summed E-state index contributed by atoms with van der Waals surface area (Å²) in [5.74, 6) is 12.7. The SMILES string of the molecule is Cc1cc(C)cc(CNCc2ccc(OCC#Cc3ccc(C#CCOc4ccc(CNCc5cc(C)cc(C)c5)cc4)c(F)c3)cc2)c1. The first kappa shape index (κ1) is 35.0. The molecule has 5 aromatic carbocycles. The lowest BCUT2D eigenvalue weighted by molar-refractivity contribution is 0.370. The Labute approximate surface area is 290 Å². The Balaban J connectivity index is 1.00. The van der Waals surface area contributed by atoms with Crippen molar-refractivity contribution in [2.45, 2.75) is 53.9 Å². The summed E-state index contributed by atoms with van der Waals surface area (Å²) in [6.07, 6.45) is 0. The molecule has 0 radical (unpaired) electrons. The van der Waals surface area contributed by atoms with E-state index >= 15 is 0 Å². The molecular weight excluding hydrogens is 607 g/mol. The molecule has 0 saturated heterocycles. The third-order valence-electron chi connectivity index (χ3n) is 7.77. The first-order chi connectivity index (χ1) is 23.8. The highest BCUT2D eigenvalue weighted by Crippen LogP contribution is 2.15. The zero-order valence-electron chi connectivity index (χ0n) is 28.8. The van der Waals surface area contributed by atoms with E-state index in [0.717, 1.165) is 37.7 Å². The minimum Gasteiger partial charge on any atom is -0.481 e. The van der Waals surface area contributed by atoms with Crippen molar-refractivity contribution in [1.29, 1.82) is 0 Å². The Kier molecular flexibility index (Phi) is 12.7. The molecule has 4 nitrogen and oxygen atoms in total. The molecule has 0 aromatic heterocycles. The Hall–Kier alpha value is -5.33. The summed E-state index contributed by atoms with van der Waals surface area (Å²) in [6.45, 7) is 12.0. The predicted molar refractivity (Wildman–Crippen MR) is 197 cm³/mol. The highest BCUT2D eigenvalue weighted by atomic mass is 19.1. The van der Waals surface area contributed by atoms with Crippen LogP contribution in [-0.4, -0.2) is 13.2 Å². The van der Waals surface area contributed by atoms with Gasteiger partial charge in [0.25, 0.3) is 0 Å². The number of nitrogens with one attached hydrogen (secondary N) is 2. The van der Waals surface area contributed by atoms with Gasteiger partial charge in [0.1, 0.15) is 30.5 Å². The monoisotopic (exact) mass is 650 g/mol. The fraction of sp³-hybridized carbons (Fsp3) is 0.227. The van der Waals surface area contributed by atoms with E-state index in [4.69, 9.17) is 9.47 Å². The van der Waals surface area contributed by atoms with Gasteiger partial charge in [-0.25, -0.2) is 4.39 Å². The summed E-state index contributed by atoms with van der Waals surface area (Å²) in [5.41, 5.74) is 10.9. The third-order valence-corrected chi connectivity index (χ3v) is 7.77. The molecule has 0 aliphatic heterocycles. The maximum absolute atomic E-state index is 14.7. The van der Waals surface area contributed by atoms with Crippen molar-refractivity contribution in [3.05, 3.63) is 165 Å². The summed E-state index contributed by atoms with van der Waals surface area (Å²) >= 11 is 0. The average molecular weight is 651 g/mol. The van der Waals surface area contributed by atoms with Crippen molar-refractivity contribution >= 4 is 0 Å². The van der Waals surface area contributed by atoms with E-state index < -0.39 is 5.82 Å². The van der Waals surface area contributed by atoms with Gasteiger partial charge in [-0.2, -0.15) is 0 Å². The number of rotatable bonds is 12. The molecule has 49 heavy (non-hydrogen) atoms. The number of aryl methyl sites for hydroxylation is 4. The van der Waals surface area contributed by atoms with Crippen molar-refractivity contribution < 1.29 is 13.9 Å². The van der Waals surface area contributed by atoms with Crippen molar-refractivity contribution in [3.63, 3.8) is 0 Å². The number of hydrogen-bond donors (Lipinski definition) is 2. The van der Waals surface area contributed by atoms with Gasteiger partial charge >= 0.3 is 0 Å². The van der Waals surface area contributed by atoms with Gasteiger partial charge in [0.15, 0.2) is 0 Å². The second-order valence-corrected chi connectivity index (χ2v) is 12.4. The molecule has 0 fully saturated rings. The Morgan fingerprint density at radius 3 is 1.37 bits per heavy atom. The third kappa shape index (κ3) is 11.7. The lowest BCUT2D eigenvalue weighted by Gasteiger charge is -2.08. The normalized spacial score (nSPS) is 10.5. The topological polar surface area (TPSA) is 42.5 Å². The molecule has 0 atom stereocenters. The van der Waals surface area contributed by atoms with Crippen molar-refractivity contribution in [3.8, 4) is 35.2 Å². The lowest BCUT2D eigenvalue weighted by Crippen LogP contribution is -2.12. The molecule has 0 aliphatic carbocycles. The van der Waals surface area contributed by atoms with Crippen LogP contribution in [0.2, 0.25) is 0 Å². The van der Waals surface area contributed by atoms with Crippen LogP contribution in [0.3, 0.4) is 0 Å². The van der Waals surface area contributed by atoms with Crippen LogP contribution in [0.5, 0.6) is 11.5 Å². The molecule has 0 saturated carbocycles. The van der Waals surface area contributed by atoms with E-state index in [1.54, 1.807) is 12.1 Å². The fourth-order valence-electron chi connectivity index (χ4n) is 5.65. The molecule has 248 valence electrons. The van der Waals surface area contributed by atoms with Crippen molar-refractivity contribution in [1.82, 2.24) is 10.6 Å². The van der Waals surface area contributed by atoms with E-state index in [2.05, 4.69) is 98.4 Å². The second-order valence-electron chi connectivity index (χ2n) is 12.4. The minimum absolute atomic E-state index is 0.160. The molecule has 0 amide bonds. The number of halogens is 1. The van der Waals surface area contributed by atoms with Crippen LogP contribution in [0.15, 0.2) is 103 Å². The molecule has 0 unspecified atom stereocenters. The maximum atomic E-state index is 14.7. The molecule has 5 heteroatoms. The summed E-state index contributed by atoms with van der Waals surface area (Å²) in [4.78, 5) is 0. The van der Waals surface area contributed by atoms with Gasteiger partial charge in [-0.05, 0) is 92.4 Å². The minimum atomic E-state index is -0.417. The van der Waals surface area contributed by atoms with E-state index in [9.17, 15) is 4.39 Å². The molecule has 5 rings (SSSR count). The Bertz CT molecular complexity index is 1940. The molecule has 5 aromatic rings. The summed E-state index contributed by atoms with van der Waals surface area (Å²) in [5, 5.41) is 6.98. The molecular formula is C44H43FN2O2. The van der Waals surface area contributed by atoms with E-state index in [-0.39, 0.29) is 13.2 Å². The average Bonchev–Trinajstić information content (AvgIpc) is 3.06. The van der Waals surface area contributed by atoms with Gasteiger partial charge in [0, 0.05) is 31.7 Å². The predicted octanol–water partition coefficient (Wildman–Crippen LogP) is 8.50. The van der Waals surface area contributed by atoms with Gasteiger partial charge in [-0.1, -0.05) is 107 Å². The maximum Gasteiger partial charge on any atom is 0.149 e. The number of hydrogen-bond acceptors (Lipinski definition) is 4. The summed E-state index contributed by atoms with van der Waals surface area (Å²) < 4.78 is 26.2. The van der Waals surface area contributed by atoms with E-state index in [1.165, 1.54) is 50.6 Å². The van der Waals surface area contributed by atoms with Crippen LogP contribution >= 0.6 is 0 Å². The molecule has 0 aliphatic rings. The smallest absolute Gasteiger partial charge is 0.149 e. The van der Waals surface area contributed by atoms with Crippen LogP contribution in [0.1, 0.15) is 55.6 Å². The van der Waals surface area contributed by atoms with Crippen LogP contribution < -0.4 is 20.1 Å². The highest BCUT2D eigenvalue weighted by Gasteiger charge is 2.02. The highest BCUT2D eigenvalue weighted by molar-refractivity contribution is 5.43. The van der Waals surface area contributed by atoms with E-state index in [0.29, 0.717) is 11.1 Å². The first-order valence-corrected chi connectivity index (χ1v) is 16.6. The van der Waals surface area contributed by atoms with Crippen LogP contribution in [-0.2, 0) is 26.2 Å². The van der Waals surface area contributed by atoms with Gasteiger partial charge in [-0.3, -0.25) is 0 Å². The van der Waals surface area contributed by atoms with Gasteiger partial charge in [0.05, 0.1) is 5.56 Å². The lowest BCUT2D eigenvalue weighted by atomic mass is 10.1. The number of ether oxygens (including phenoxy) is 2. The van der Waals surface area contributed by atoms with Crippen LogP contribution in [0.25, 0.3) is 0 Å². The van der Waals surface area contributed by atoms with Gasteiger partial charge in [0.2, 0.25) is 0 Å². The molecule has 2 N–H and O–H groups in total. The van der Waals surface area contributed by atoms with Gasteiger partial charge < -0.3 is 20.1 Å². The van der Waals surface area contributed by atoms with Crippen molar-refractivity contribution in [2.75, 3.05) is 13.2 Å². The Morgan fingerprint density at radius 1 is 0.490 bits per heavy atom. The molecule has 0 bridgehead atoms. The molecule has 0 heterocycles. The first-order valence-electron chi connectivity index (χ1n) is 16.6. The zero-order chi connectivity index (χ0) is 34.4. The Morgan fingerprint density at radius 2 is 0.918 bits per heavy atom. The van der Waals surface area contributed by atoms with Crippen LogP contribution in [0, 0.1) is 57.2 Å². The quantitative estimate of drug-likeness (QED) is 0.133. The van der Waals surface area contributed by atoms with Gasteiger partial charge in [-0.15, -0.1) is 0 Å². The largest absolute Gasteiger partial charge is 0.481 e. The fourth-order valence-corrected chi connectivity index (χ4v) is 5.65.